The number of hydrogen-bond donors (Lipinski definition) is 1. The number of likely N-dealkylation sites (N-methyl/N-ethyl adjacent to an activating group) is 1. The van der Waals surface area contributed by atoms with Gasteiger partial charge in [-0.2, -0.15) is 0 Å². The van der Waals surface area contributed by atoms with Crippen molar-refractivity contribution in [2.24, 2.45) is 0 Å². The number of benzene rings is 1. The van der Waals surface area contributed by atoms with Gasteiger partial charge < -0.3 is 9.88 Å². The lowest BCUT2D eigenvalue weighted by Gasteiger charge is -2.19. The van der Waals surface area contributed by atoms with Crippen molar-refractivity contribution in [3.05, 3.63) is 52.5 Å². The van der Waals surface area contributed by atoms with Crippen LogP contribution in [0, 0.1) is 0 Å². The minimum Gasteiger partial charge on any atom is -0.335 e. The summed E-state index contributed by atoms with van der Waals surface area (Å²) in [7, 11) is 0. The molecule has 0 bridgehead atoms. The maximum atomic E-state index is 4.53. The predicted molar refractivity (Wildman–Crippen MR) is 91.5 cm³/mol. The number of nitrogens with zero attached hydrogens (tertiary/aromatic N) is 2. The quantitative estimate of drug-likeness (QED) is 0.784. The van der Waals surface area contributed by atoms with E-state index in [-0.39, 0.29) is 0 Å². The topological polar surface area (TPSA) is 29.9 Å². The Morgan fingerprint density at radius 2 is 2.05 bits per heavy atom. The molecule has 0 aliphatic heterocycles. The molecule has 0 saturated carbocycles. The summed E-state index contributed by atoms with van der Waals surface area (Å²) < 4.78 is 3.45. The average Bonchev–Trinajstić information content (AvgIpc) is 2.89. The zero-order chi connectivity index (χ0) is 15.1. The van der Waals surface area contributed by atoms with Gasteiger partial charge in [0, 0.05) is 35.9 Å². The van der Waals surface area contributed by atoms with E-state index >= 15 is 0 Å². The van der Waals surface area contributed by atoms with E-state index in [1.54, 1.807) is 0 Å². The molecular formula is C17H24BrN3. The van der Waals surface area contributed by atoms with Gasteiger partial charge in [-0.1, -0.05) is 48.0 Å². The Kier molecular flexibility index (Phi) is 6.46. The highest BCUT2D eigenvalue weighted by atomic mass is 79.9. The van der Waals surface area contributed by atoms with E-state index in [0.29, 0.717) is 6.04 Å². The van der Waals surface area contributed by atoms with E-state index in [1.807, 2.05) is 6.20 Å². The lowest BCUT2D eigenvalue weighted by Crippen LogP contribution is -2.34. The Morgan fingerprint density at radius 1 is 1.24 bits per heavy atom. The molecule has 1 atom stereocenters. The minimum atomic E-state index is 0.409. The second-order valence-corrected chi connectivity index (χ2v) is 6.15. The summed E-state index contributed by atoms with van der Waals surface area (Å²) in [6.07, 6.45) is 7.10. The highest BCUT2D eigenvalue weighted by Gasteiger charge is 2.14. The van der Waals surface area contributed by atoms with Crippen molar-refractivity contribution in [2.45, 2.75) is 45.7 Å². The van der Waals surface area contributed by atoms with Crippen LogP contribution < -0.4 is 5.32 Å². The lowest BCUT2D eigenvalue weighted by atomic mass is 10.0. The zero-order valence-corrected chi connectivity index (χ0v) is 14.4. The van der Waals surface area contributed by atoms with Gasteiger partial charge in [0.15, 0.2) is 0 Å². The smallest absolute Gasteiger partial charge is 0.110 e. The first-order chi connectivity index (χ1) is 10.2. The number of hydrogen-bond acceptors (Lipinski definition) is 2. The van der Waals surface area contributed by atoms with Crippen molar-refractivity contribution in [3.8, 4) is 0 Å². The van der Waals surface area contributed by atoms with Gasteiger partial charge in [-0.15, -0.1) is 0 Å². The fourth-order valence-corrected chi connectivity index (χ4v) is 3.08. The first kappa shape index (κ1) is 16.2. The van der Waals surface area contributed by atoms with Crippen molar-refractivity contribution < 1.29 is 0 Å². The molecule has 2 rings (SSSR count). The molecule has 0 amide bonds. The Bertz CT molecular complexity index is 550. The maximum Gasteiger partial charge on any atom is 0.110 e. The van der Waals surface area contributed by atoms with Crippen LogP contribution in [-0.2, 0) is 19.4 Å². The highest BCUT2D eigenvalue weighted by molar-refractivity contribution is 9.10. The van der Waals surface area contributed by atoms with Crippen LogP contribution in [0.4, 0.5) is 0 Å². The van der Waals surface area contributed by atoms with Crippen LogP contribution >= 0.6 is 15.9 Å². The summed E-state index contributed by atoms with van der Waals surface area (Å²) in [5, 5.41) is 3.59. The summed E-state index contributed by atoms with van der Waals surface area (Å²) in [5.41, 5.74) is 1.34. The van der Waals surface area contributed by atoms with E-state index in [1.165, 1.54) is 15.9 Å². The van der Waals surface area contributed by atoms with Gasteiger partial charge in [0.2, 0.25) is 0 Å². The summed E-state index contributed by atoms with van der Waals surface area (Å²) in [5.74, 6) is 1.18. The molecule has 114 valence electrons. The van der Waals surface area contributed by atoms with Crippen LogP contribution in [-0.4, -0.2) is 22.1 Å². The number of nitrogens with one attached hydrogen (secondary N) is 1. The predicted octanol–water partition coefficient (Wildman–Crippen LogP) is 3.82. The van der Waals surface area contributed by atoms with E-state index in [0.717, 1.165) is 32.4 Å². The molecular weight excluding hydrogens is 326 g/mol. The van der Waals surface area contributed by atoms with E-state index in [4.69, 9.17) is 0 Å². The van der Waals surface area contributed by atoms with Crippen molar-refractivity contribution in [3.63, 3.8) is 0 Å². The molecule has 1 aromatic carbocycles. The summed E-state index contributed by atoms with van der Waals surface area (Å²) in [6, 6.07) is 8.86. The molecule has 1 unspecified atom stereocenters. The normalized spacial score (nSPS) is 12.5. The van der Waals surface area contributed by atoms with Crippen LogP contribution in [0.15, 0.2) is 41.1 Å². The molecule has 3 nitrogen and oxygen atoms in total. The molecule has 4 heteroatoms. The van der Waals surface area contributed by atoms with Crippen LogP contribution in [0.1, 0.15) is 31.7 Å². The highest BCUT2D eigenvalue weighted by Crippen LogP contribution is 2.18. The van der Waals surface area contributed by atoms with E-state index in [9.17, 15) is 0 Å². The van der Waals surface area contributed by atoms with Crippen molar-refractivity contribution in [1.29, 1.82) is 0 Å². The molecule has 0 fully saturated rings. The van der Waals surface area contributed by atoms with Gasteiger partial charge in [0.25, 0.3) is 0 Å². The molecule has 0 aliphatic rings. The van der Waals surface area contributed by atoms with Crippen molar-refractivity contribution in [2.75, 3.05) is 6.54 Å². The Hall–Kier alpha value is -1.13. The average molecular weight is 350 g/mol. The van der Waals surface area contributed by atoms with Crippen molar-refractivity contribution in [1.82, 2.24) is 14.9 Å². The van der Waals surface area contributed by atoms with Crippen LogP contribution in [0.25, 0.3) is 0 Å². The molecule has 1 aromatic heterocycles. The van der Waals surface area contributed by atoms with Gasteiger partial charge in [-0.05, 0) is 31.0 Å². The third kappa shape index (κ3) is 4.68. The first-order valence-corrected chi connectivity index (χ1v) is 8.50. The molecule has 2 aromatic rings. The Balaban J connectivity index is 2.08. The van der Waals surface area contributed by atoms with Gasteiger partial charge in [0.1, 0.15) is 5.82 Å². The lowest BCUT2D eigenvalue weighted by molar-refractivity contribution is 0.494. The van der Waals surface area contributed by atoms with Crippen molar-refractivity contribution >= 4 is 15.9 Å². The molecule has 0 saturated heterocycles. The SMILES string of the molecule is CCCn1ccnc1CC(Cc1ccccc1Br)NCC. The summed E-state index contributed by atoms with van der Waals surface area (Å²) in [6.45, 7) is 6.38. The largest absolute Gasteiger partial charge is 0.335 e. The molecule has 0 aliphatic carbocycles. The molecule has 1 heterocycles. The maximum absolute atomic E-state index is 4.53. The third-order valence-electron chi connectivity index (χ3n) is 3.61. The summed E-state index contributed by atoms with van der Waals surface area (Å²) in [4.78, 5) is 4.53. The minimum absolute atomic E-state index is 0.409. The number of imidazole rings is 1. The van der Waals surface area contributed by atoms with Gasteiger partial charge in [-0.3, -0.25) is 0 Å². The van der Waals surface area contributed by atoms with Gasteiger partial charge >= 0.3 is 0 Å². The second-order valence-electron chi connectivity index (χ2n) is 5.29. The standard InChI is InChI=1S/C17H24BrN3/c1-3-10-21-11-9-20-17(21)13-15(19-4-2)12-14-7-5-6-8-16(14)18/h5-9,11,15,19H,3-4,10,12-13H2,1-2H3. The Labute approximate surface area is 135 Å². The molecule has 0 radical (unpaired) electrons. The second kappa shape index (κ2) is 8.35. The fraction of sp³-hybridized carbons (Fsp3) is 0.471. The van der Waals surface area contributed by atoms with Gasteiger partial charge in [-0.25, -0.2) is 4.98 Å². The van der Waals surface area contributed by atoms with E-state index < -0.39 is 0 Å². The van der Waals surface area contributed by atoms with Crippen LogP contribution in [0.5, 0.6) is 0 Å². The summed E-state index contributed by atoms with van der Waals surface area (Å²) >= 11 is 3.64. The van der Waals surface area contributed by atoms with E-state index in [2.05, 4.69) is 75.1 Å². The number of halogens is 1. The van der Waals surface area contributed by atoms with Crippen LogP contribution in [0.3, 0.4) is 0 Å². The zero-order valence-electron chi connectivity index (χ0n) is 12.8. The monoisotopic (exact) mass is 349 g/mol. The number of rotatable bonds is 8. The molecule has 21 heavy (non-hydrogen) atoms. The number of aromatic nitrogens is 2. The van der Waals surface area contributed by atoms with Gasteiger partial charge in [0.05, 0.1) is 0 Å². The Morgan fingerprint density at radius 3 is 2.76 bits per heavy atom. The molecule has 1 N–H and O–H groups in total. The third-order valence-corrected chi connectivity index (χ3v) is 4.39. The number of aryl methyl sites for hydroxylation is 1. The molecule has 0 spiro atoms. The first-order valence-electron chi connectivity index (χ1n) is 7.71. The van der Waals surface area contributed by atoms with Crippen LogP contribution in [0.2, 0.25) is 0 Å². The fourth-order valence-electron chi connectivity index (χ4n) is 2.63.